The van der Waals surface area contributed by atoms with E-state index in [4.69, 9.17) is 9.47 Å². The van der Waals surface area contributed by atoms with Gasteiger partial charge in [-0.3, -0.25) is 19.5 Å². The van der Waals surface area contributed by atoms with Gasteiger partial charge < -0.3 is 14.6 Å². The van der Waals surface area contributed by atoms with Gasteiger partial charge in [-0.05, 0) is 49.2 Å². The van der Waals surface area contributed by atoms with Gasteiger partial charge >= 0.3 is 11.9 Å². The fourth-order valence-electron chi connectivity index (χ4n) is 3.94. The third-order valence-electron chi connectivity index (χ3n) is 5.62. The number of Topliss-reactive ketones (excluding diaryl/α,β-unsaturated/α-hetero) is 1. The maximum atomic E-state index is 13.3. The molecule has 1 saturated heterocycles. The van der Waals surface area contributed by atoms with Crippen LogP contribution in [0.4, 0.5) is 5.13 Å². The maximum Gasteiger partial charge on any atom is 0.350 e. The number of hydrogen-bond donors (Lipinski definition) is 1. The zero-order chi connectivity index (χ0) is 26.0. The number of esters is 1. The lowest BCUT2D eigenvalue weighted by Gasteiger charge is -2.22. The minimum absolute atomic E-state index is 0.0208. The molecule has 0 aliphatic carbocycles. The monoisotopic (exact) mass is 505 g/mol. The fraction of sp³-hybridized carbons (Fsp3) is 0.192. The summed E-state index contributed by atoms with van der Waals surface area (Å²) in [6.07, 6.45) is 4.51. The molecule has 36 heavy (non-hydrogen) atoms. The number of aromatic nitrogens is 2. The predicted molar refractivity (Wildman–Crippen MR) is 134 cm³/mol. The Balaban J connectivity index is 1.87. The van der Waals surface area contributed by atoms with Crippen molar-refractivity contribution >= 4 is 39.9 Å². The fourth-order valence-corrected chi connectivity index (χ4v) is 4.93. The molecule has 1 N–H and O–H groups in total. The summed E-state index contributed by atoms with van der Waals surface area (Å²) in [5.74, 6) is -2.09. The molecule has 0 radical (unpaired) electrons. The number of ketones is 1. The average molecular weight is 506 g/mol. The molecule has 1 aliphatic rings. The van der Waals surface area contributed by atoms with E-state index in [1.807, 2.05) is 0 Å². The molecule has 0 saturated carbocycles. The number of carbonyl (C=O) groups excluding carboxylic acids is 3. The first-order valence-corrected chi connectivity index (χ1v) is 11.7. The van der Waals surface area contributed by atoms with Gasteiger partial charge in [0.1, 0.15) is 23.0 Å². The van der Waals surface area contributed by atoms with Gasteiger partial charge in [0.2, 0.25) is 0 Å². The number of anilines is 1. The normalized spacial score (nSPS) is 16.8. The first-order chi connectivity index (χ1) is 17.3. The summed E-state index contributed by atoms with van der Waals surface area (Å²) in [5.41, 5.74) is 1.83. The lowest BCUT2D eigenvalue weighted by molar-refractivity contribution is -0.132. The predicted octanol–water partition coefficient (Wildman–Crippen LogP) is 4.13. The van der Waals surface area contributed by atoms with E-state index < -0.39 is 23.7 Å². The quantitative estimate of drug-likeness (QED) is 0.167. The first kappa shape index (κ1) is 24.8. The number of aryl methyl sites for hydroxylation is 2. The Morgan fingerprint density at radius 1 is 1.28 bits per heavy atom. The number of aliphatic hydroxyl groups is 1. The molecule has 0 bridgehead atoms. The molecule has 1 aliphatic heterocycles. The molecule has 10 heteroatoms. The van der Waals surface area contributed by atoms with E-state index in [0.29, 0.717) is 22.6 Å². The van der Waals surface area contributed by atoms with Crippen molar-refractivity contribution in [2.24, 2.45) is 0 Å². The van der Waals surface area contributed by atoms with Gasteiger partial charge in [0, 0.05) is 18.0 Å². The lowest BCUT2D eigenvalue weighted by Crippen LogP contribution is -2.29. The second-order valence-electron chi connectivity index (χ2n) is 7.94. The second kappa shape index (κ2) is 10.1. The van der Waals surface area contributed by atoms with Gasteiger partial charge in [-0.15, -0.1) is 0 Å². The molecule has 0 spiro atoms. The highest BCUT2D eigenvalue weighted by molar-refractivity contribution is 7.17. The third-order valence-corrected chi connectivity index (χ3v) is 6.76. The summed E-state index contributed by atoms with van der Waals surface area (Å²) in [6, 6.07) is 7.30. The van der Waals surface area contributed by atoms with Crippen LogP contribution in [0.15, 0.2) is 61.0 Å². The minimum Gasteiger partial charge on any atom is -0.507 e. The Morgan fingerprint density at radius 3 is 2.69 bits per heavy atom. The van der Waals surface area contributed by atoms with Crippen molar-refractivity contribution in [1.29, 1.82) is 0 Å². The molecule has 1 aromatic carbocycles. The van der Waals surface area contributed by atoms with E-state index >= 15 is 0 Å². The molecular formula is C26H23N3O6S. The topological polar surface area (TPSA) is 119 Å². The van der Waals surface area contributed by atoms with Crippen LogP contribution >= 0.6 is 11.3 Å². The SMILES string of the molecule is C=CCOC(=O)c1sc(N2C(=O)C(=O)/C(=C(/O)c3ccc(OC)c(C)c3)[C@H]2c2cccnc2)nc1C. The van der Waals surface area contributed by atoms with Gasteiger partial charge in [-0.2, -0.15) is 0 Å². The Morgan fingerprint density at radius 2 is 2.06 bits per heavy atom. The number of methoxy groups -OCH3 is 1. The highest BCUT2D eigenvalue weighted by Gasteiger charge is 2.48. The lowest BCUT2D eigenvalue weighted by atomic mass is 9.96. The average Bonchev–Trinajstić information content (AvgIpc) is 3.39. The van der Waals surface area contributed by atoms with Crippen molar-refractivity contribution in [3.05, 3.63) is 88.2 Å². The molecule has 184 valence electrons. The number of amides is 1. The largest absolute Gasteiger partial charge is 0.507 e. The van der Waals surface area contributed by atoms with Crippen molar-refractivity contribution in [3.8, 4) is 5.75 Å². The summed E-state index contributed by atoms with van der Waals surface area (Å²) >= 11 is 0.928. The van der Waals surface area contributed by atoms with Crippen LogP contribution in [0.5, 0.6) is 5.75 Å². The van der Waals surface area contributed by atoms with E-state index in [2.05, 4.69) is 16.5 Å². The molecule has 3 aromatic rings. The van der Waals surface area contributed by atoms with Crippen LogP contribution in [0.2, 0.25) is 0 Å². The van der Waals surface area contributed by atoms with Crippen LogP contribution in [-0.2, 0) is 14.3 Å². The maximum absolute atomic E-state index is 13.3. The number of pyridine rings is 1. The Bertz CT molecular complexity index is 1400. The molecule has 4 rings (SSSR count). The molecular weight excluding hydrogens is 482 g/mol. The smallest absolute Gasteiger partial charge is 0.350 e. The second-order valence-corrected chi connectivity index (χ2v) is 8.92. The molecule has 9 nitrogen and oxygen atoms in total. The number of ether oxygens (including phenoxy) is 2. The van der Waals surface area contributed by atoms with E-state index in [-0.39, 0.29) is 27.9 Å². The highest BCUT2D eigenvalue weighted by atomic mass is 32.1. The summed E-state index contributed by atoms with van der Waals surface area (Å²) < 4.78 is 10.4. The number of benzene rings is 1. The zero-order valence-corrected chi connectivity index (χ0v) is 20.7. The molecule has 1 amide bonds. The van der Waals surface area contributed by atoms with Crippen LogP contribution in [0.25, 0.3) is 5.76 Å². The van der Waals surface area contributed by atoms with Crippen LogP contribution < -0.4 is 9.64 Å². The number of aliphatic hydroxyl groups excluding tert-OH is 1. The number of thiazole rings is 1. The van der Waals surface area contributed by atoms with Crippen LogP contribution in [0.1, 0.15) is 38.1 Å². The van der Waals surface area contributed by atoms with Crippen molar-refractivity contribution in [1.82, 2.24) is 9.97 Å². The van der Waals surface area contributed by atoms with Crippen molar-refractivity contribution in [2.75, 3.05) is 18.6 Å². The Labute approximate surface area is 211 Å². The summed E-state index contributed by atoms with van der Waals surface area (Å²) in [4.78, 5) is 48.9. The Kier molecular flexibility index (Phi) is 6.98. The molecule has 1 atom stereocenters. The molecule has 0 unspecified atom stereocenters. The van der Waals surface area contributed by atoms with Gasteiger partial charge in [0.15, 0.2) is 5.13 Å². The number of hydrogen-bond acceptors (Lipinski definition) is 9. The minimum atomic E-state index is -1.01. The molecule has 1 fully saturated rings. The van der Waals surface area contributed by atoms with Crippen LogP contribution in [0, 0.1) is 13.8 Å². The van der Waals surface area contributed by atoms with Gasteiger partial charge in [-0.1, -0.05) is 30.1 Å². The summed E-state index contributed by atoms with van der Waals surface area (Å²) in [7, 11) is 1.53. The summed E-state index contributed by atoms with van der Waals surface area (Å²) in [6.45, 7) is 6.96. The van der Waals surface area contributed by atoms with Crippen molar-refractivity contribution in [3.63, 3.8) is 0 Å². The zero-order valence-electron chi connectivity index (χ0n) is 19.8. The molecule has 3 heterocycles. The van der Waals surface area contributed by atoms with E-state index in [1.54, 1.807) is 50.4 Å². The number of rotatable bonds is 7. The van der Waals surface area contributed by atoms with E-state index in [0.717, 1.165) is 16.9 Å². The van der Waals surface area contributed by atoms with Crippen LogP contribution in [0.3, 0.4) is 0 Å². The standard InChI is InChI=1S/C26H23N3O6S/c1-5-11-35-25(33)23-15(3)28-26(36-23)29-20(17-7-6-10-27-13-17)19(22(31)24(29)32)21(30)16-8-9-18(34-4)14(2)12-16/h5-10,12-13,20,30H,1,11H2,2-4H3/b21-19+/t20-/m1/s1. The van der Waals surface area contributed by atoms with Crippen molar-refractivity contribution in [2.45, 2.75) is 19.9 Å². The Hall–Kier alpha value is -4.31. The van der Waals surface area contributed by atoms with Gasteiger partial charge in [0.05, 0.1) is 24.4 Å². The van der Waals surface area contributed by atoms with Crippen molar-refractivity contribution < 1.29 is 29.0 Å². The number of carbonyl (C=O) groups is 3. The number of nitrogens with zero attached hydrogens (tertiary/aromatic N) is 3. The third kappa shape index (κ3) is 4.38. The van der Waals surface area contributed by atoms with E-state index in [1.165, 1.54) is 24.3 Å². The highest BCUT2D eigenvalue weighted by Crippen LogP contribution is 2.44. The first-order valence-electron chi connectivity index (χ1n) is 10.9. The van der Waals surface area contributed by atoms with E-state index in [9.17, 15) is 19.5 Å². The summed E-state index contributed by atoms with van der Waals surface area (Å²) in [5, 5.41) is 11.4. The van der Waals surface area contributed by atoms with Crippen LogP contribution in [-0.4, -0.2) is 46.5 Å². The molecule has 2 aromatic heterocycles. The van der Waals surface area contributed by atoms with Gasteiger partial charge in [-0.25, -0.2) is 9.78 Å². The van der Waals surface area contributed by atoms with Gasteiger partial charge in [0.25, 0.3) is 5.78 Å².